The maximum absolute atomic E-state index is 13.0. The first-order chi connectivity index (χ1) is 12.3. The zero-order valence-corrected chi connectivity index (χ0v) is 13.9. The average molecular weight is 374 g/mol. The lowest BCUT2D eigenvalue weighted by molar-refractivity contribution is -0.137. The summed E-state index contributed by atoms with van der Waals surface area (Å²) in [5.74, 6) is -0.0580. The molecule has 3 aromatic rings. The molecule has 3 rings (SSSR count). The van der Waals surface area contributed by atoms with Gasteiger partial charge in [-0.1, -0.05) is 35.9 Å². The molecule has 0 aliphatic heterocycles. The number of benzene rings is 2. The number of nitrogen functional groups attached to an aromatic ring is 1. The minimum atomic E-state index is -4.49. The highest BCUT2D eigenvalue weighted by Gasteiger charge is 2.30. The third-order valence-electron chi connectivity index (χ3n) is 3.78. The van der Waals surface area contributed by atoms with E-state index in [4.69, 9.17) is 17.3 Å². The number of nitriles is 1. The molecular weight excluding hydrogens is 363 g/mol. The Morgan fingerprint density at radius 2 is 1.69 bits per heavy atom. The van der Waals surface area contributed by atoms with Crippen molar-refractivity contribution in [2.24, 2.45) is 0 Å². The van der Waals surface area contributed by atoms with Gasteiger partial charge in [0.2, 0.25) is 0 Å². The lowest BCUT2D eigenvalue weighted by Crippen LogP contribution is -2.05. The number of alkyl halides is 3. The van der Waals surface area contributed by atoms with Gasteiger partial charge < -0.3 is 5.73 Å². The second-order valence-electron chi connectivity index (χ2n) is 5.52. The summed E-state index contributed by atoms with van der Waals surface area (Å²) in [5, 5.41) is 9.86. The van der Waals surface area contributed by atoms with Gasteiger partial charge in [0, 0.05) is 16.1 Å². The standard InChI is InChI=1S/C19H11ClF3N3/c20-14-6-2-4-12(8-14)17-9-15(16(10-24)18(25)26-17)11-3-1-5-13(7-11)19(21,22)23/h1-9H,(H2,25,26). The summed E-state index contributed by atoms with van der Waals surface area (Å²) in [7, 11) is 0. The molecule has 2 N–H and O–H groups in total. The lowest BCUT2D eigenvalue weighted by atomic mass is 9.97. The molecule has 0 radical (unpaired) electrons. The Balaban J connectivity index is 2.23. The number of pyridine rings is 1. The molecule has 1 heterocycles. The van der Waals surface area contributed by atoms with Crippen LogP contribution in [0.3, 0.4) is 0 Å². The molecule has 0 amide bonds. The van der Waals surface area contributed by atoms with Crippen LogP contribution in [0.2, 0.25) is 5.02 Å². The summed E-state index contributed by atoms with van der Waals surface area (Å²) < 4.78 is 39.1. The minimum Gasteiger partial charge on any atom is -0.383 e. The molecule has 0 saturated heterocycles. The van der Waals surface area contributed by atoms with Crippen LogP contribution in [-0.2, 0) is 6.18 Å². The van der Waals surface area contributed by atoms with E-state index in [1.54, 1.807) is 24.3 Å². The molecule has 1 aromatic heterocycles. The van der Waals surface area contributed by atoms with Crippen LogP contribution in [0.5, 0.6) is 0 Å². The number of hydrogen-bond acceptors (Lipinski definition) is 3. The Hall–Kier alpha value is -3.04. The van der Waals surface area contributed by atoms with E-state index >= 15 is 0 Å². The van der Waals surface area contributed by atoms with Crippen LogP contribution < -0.4 is 5.73 Å². The number of aromatic nitrogens is 1. The molecule has 0 aliphatic rings. The van der Waals surface area contributed by atoms with Crippen LogP contribution in [0.4, 0.5) is 19.0 Å². The normalized spacial score (nSPS) is 11.2. The topological polar surface area (TPSA) is 62.7 Å². The Morgan fingerprint density at radius 3 is 2.35 bits per heavy atom. The van der Waals surface area contributed by atoms with E-state index < -0.39 is 11.7 Å². The monoisotopic (exact) mass is 373 g/mol. The molecule has 2 aromatic carbocycles. The maximum atomic E-state index is 13.0. The van der Waals surface area contributed by atoms with Gasteiger partial charge in [-0.05, 0) is 35.9 Å². The van der Waals surface area contributed by atoms with Gasteiger partial charge in [0.25, 0.3) is 0 Å². The van der Waals surface area contributed by atoms with Crippen LogP contribution in [0.1, 0.15) is 11.1 Å². The van der Waals surface area contributed by atoms with E-state index in [1.165, 1.54) is 18.2 Å². The van der Waals surface area contributed by atoms with Gasteiger partial charge in [0.05, 0.1) is 11.3 Å². The first-order valence-corrected chi connectivity index (χ1v) is 7.81. The summed E-state index contributed by atoms with van der Waals surface area (Å²) in [4.78, 5) is 4.19. The van der Waals surface area contributed by atoms with Crippen LogP contribution in [0.25, 0.3) is 22.4 Å². The van der Waals surface area contributed by atoms with Crippen LogP contribution >= 0.6 is 11.6 Å². The first kappa shape index (κ1) is 17.8. The second kappa shape index (κ2) is 6.70. The molecule has 0 aliphatic carbocycles. The first-order valence-electron chi connectivity index (χ1n) is 7.44. The van der Waals surface area contributed by atoms with E-state index in [-0.39, 0.29) is 22.5 Å². The highest BCUT2D eigenvalue weighted by Crippen LogP contribution is 2.35. The third-order valence-corrected chi connectivity index (χ3v) is 4.02. The summed E-state index contributed by atoms with van der Waals surface area (Å²) in [6.07, 6.45) is -4.49. The zero-order valence-electron chi connectivity index (χ0n) is 13.2. The van der Waals surface area contributed by atoms with E-state index in [9.17, 15) is 18.4 Å². The fourth-order valence-corrected chi connectivity index (χ4v) is 2.76. The SMILES string of the molecule is N#Cc1c(-c2cccc(C(F)(F)F)c2)cc(-c2cccc(Cl)c2)nc1N. The van der Waals surface area contributed by atoms with E-state index in [1.807, 2.05) is 6.07 Å². The summed E-state index contributed by atoms with van der Waals surface area (Å²) in [5.41, 5.74) is 6.66. The highest BCUT2D eigenvalue weighted by atomic mass is 35.5. The van der Waals surface area contributed by atoms with Crippen molar-refractivity contribution in [3.05, 3.63) is 70.7 Å². The van der Waals surface area contributed by atoms with Gasteiger partial charge in [0.1, 0.15) is 17.5 Å². The predicted octanol–water partition coefficient (Wildman–Crippen LogP) is 5.54. The van der Waals surface area contributed by atoms with E-state index in [0.29, 0.717) is 16.3 Å². The summed E-state index contributed by atoms with van der Waals surface area (Å²) >= 11 is 5.98. The van der Waals surface area contributed by atoms with Crippen molar-refractivity contribution in [2.75, 3.05) is 5.73 Å². The fourth-order valence-electron chi connectivity index (χ4n) is 2.57. The minimum absolute atomic E-state index is 0.0232. The second-order valence-corrected chi connectivity index (χ2v) is 5.95. The fraction of sp³-hybridized carbons (Fsp3) is 0.0526. The van der Waals surface area contributed by atoms with Crippen molar-refractivity contribution in [3.8, 4) is 28.5 Å². The number of hydrogen-bond donors (Lipinski definition) is 1. The molecule has 7 heteroatoms. The average Bonchev–Trinajstić information content (AvgIpc) is 2.60. The quantitative estimate of drug-likeness (QED) is 0.641. The van der Waals surface area contributed by atoms with Crippen LogP contribution in [0.15, 0.2) is 54.6 Å². The molecule has 0 spiro atoms. The van der Waals surface area contributed by atoms with Gasteiger partial charge in [-0.25, -0.2) is 4.98 Å². The third kappa shape index (κ3) is 3.48. The van der Waals surface area contributed by atoms with Crippen molar-refractivity contribution in [1.82, 2.24) is 4.98 Å². The van der Waals surface area contributed by atoms with Gasteiger partial charge in [-0.2, -0.15) is 18.4 Å². The van der Waals surface area contributed by atoms with Crippen LogP contribution in [-0.4, -0.2) is 4.98 Å². The Morgan fingerprint density at radius 1 is 1.00 bits per heavy atom. The van der Waals surface area contributed by atoms with Crippen molar-refractivity contribution >= 4 is 17.4 Å². The smallest absolute Gasteiger partial charge is 0.383 e. The van der Waals surface area contributed by atoms with Gasteiger partial charge >= 0.3 is 6.18 Å². The molecule has 130 valence electrons. The molecule has 0 unspecified atom stereocenters. The number of rotatable bonds is 2. The molecular formula is C19H11ClF3N3. The van der Waals surface area contributed by atoms with Crippen molar-refractivity contribution in [3.63, 3.8) is 0 Å². The molecule has 0 saturated carbocycles. The molecule has 3 nitrogen and oxygen atoms in total. The zero-order chi connectivity index (χ0) is 18.9. The Kier molecular flexibility index (Phi) is 4.58. The summed E-state index contributed by atoms with van der Waals surface area (Å²) in [6.45, 7) is 0. The largest absolute Gasteiger partial charge is 0.416 e. The van der Waals surface area contributed by atoms with Crippen molar-refractivity contribution < 1.29 is 13.2 Å². The van der Waals surface area contributed by atoms with Crippen LogP contribution in [0, 0.1) is 11.3 Å². The molecule has 26 heavy (non-hydrogen) atoms. The number of anilines is 1. The lowest BCUT2D eigenvalue weighted by Gasteiger charge is -2.12. The van der Waals surface area contributed by atoms with Crippen molar-refractivity contribution in [1.29, 1.82) is 5.26 Å². The Labute approximate surface area is 152 Å². The number of nitrogens with two attached hydrogens (primary N) is 1. The molecule has 0 bridgehead atoms. The highest BCUT2D eigenvalue weighted by molar-refractivity contribution is 6.30. The maximum Gasteiger partial charge on any atom is 0.416 e. The van der Waals surface area contributed by atoms with E-state index in [0.717, 1.165) is 12.1 Å². The Bertz CT molecular complexity index is 1020. The molecule has 0 fully saturated rings. The van der Waals surface area contributed by atoms with Gasteiger partial charge in [-0.15, -0.1) is 0 Å². The molecule has 0 atom stereocenters. The predicted molar refractivity (Wildman–Crippen MR) is 94.2 cm³/mol. The van der Waals surface area contributed by atoms with Gasteiger partial charge in [0.15, 0.2) is 0 Å². The van der Waals surface area contributed by atoms with Gasteiger partial charge in [-0.3, -0.25) is 0 Å². The number of halogens is 4. The summed E-state index contributed by atoms with van der Waals surface area (Å²) in [6, 6.07) is 15.0. The van der Waals surface area contributed by atoms with Crippen molar-refractivity contribution in [2.45, 2.75) is 6.18 Å². The van der Waals surface area contributed by atoms with E-state index in [2.05, 4.69) is 4.98 Å². The number of nitrogens with zero attached hydrogens (tertiary/aromatic N) is 2.